The van der Waals surface area contributed by atoms with Gasteiger partial charge in [0.1, 0.15) is 0 Å². The van der Waals surface area contributed by atoms with Crippen molar-refractivity contribution in [3.05, 3.63) is 287 Å². The second-order valence-corrected chi connectivity index (χ2v) is 21.9. The van der Waals surface area contributed by atoms with Gasteiger partial charge in [-0.05, 0) is 90.0 Å². The Bertz CT molecular complexity index is 2750. The topological polar surface area (TPSA) is 0 Å². The predicted octanol–water partition coefficient (Wildman–Crippen LogP) is 13.8. The van der Waals surface area contributed by atoms with Crippen LogP contribution in [0.5, 0.6) is 0 Å². The molecule has 298 valence electrons. The zero-order valence-corrected chi connectivity index (χ0v) is 37.5. The van der Waals surface area contributed by atoms with E-state index in [1.807, 2.05) is 0 Å². The van der Waals surface area contributed by atoms with Gasteiger partial charge in [-0.15, -0.1) is 0 Å². The summed E-state index contributed by atoms with van der Waals surface area (Å²) in [6, 6.07) is 91.3. The molecule has 0 amide bonds. The molecule has 0 saturated carbocycles. The van der Waals surface area contributed by atoms with Gasteiger partial charge in [-0.25, -0.2) is 0 Å². The molecule has 8 aromatic rings. The molecule has 2 aliphatic rings. The Kier molecular flexibility index (Phi) is 10.9. The molecule has 2 heterocycles. The lowest BCUT2D eigenvalue weighted by Gasteiger charge is -2.42. The van der Waals surface area contributed by atoms with Gasteiger partial charge in [-0.2, -0.15) is 0 Å². The van der Waals surface area contributed by atoms with Gasteiger partial charge >= 0.3 is 0 Å². The van der Waals surface area contributed by atoms with E-state index in [2.05, 4.69) is 256 Å². The van der Waals surface area contributed by atoms with Crippen molar-refractivity contribution < 1.29 is 0 Å². The van der Waals surface area contributed by atoms with E-state index < -0.39 is 16.8 Å². The summed E-state index contributed by atoms with van der Waals surface area (Å²) in [7, 11) is -2.77. The highest BCUT2D eigenvalue weighted by molar-refractivity contribution is 6.89. The van der Waals surface area contributed by atoms with Crippen LogP contribution in [0.1, 0.15) is 57.3 Å². The van der Waals surface area contributed by atoms with Crippen LogP contribution < -0.4 is 0 Å². The maximum absolute atomic E-state index is 2.63. The van der Waals surface area contributed by atoms with Crippen LogP contribution in [0.2, 0.25) is 13.1 Å². The standard InChI is InChI=1S/C60H50Si2/c1-61-57(49-35-19-7-20-36-49)53(45-27-11-3-12-28-45)55(47-31-15-5-16-32-47)59(61,51-39-23-9-24-40-51)43-44-60(52-41-25-10-26-42-52)56(48-33-17-6-18-34-48)54(46-29-13-4-14-30-46)58(62(60)2)50-37-21-8-22-38-50/h3-42H,43-44H2,1-2H3. The summed E-state index contributed by atoms with van der Waals surface area (Å²) in [5, 5.41) is 2.48. The third-order valence-corrected chi connectivity index (χ3v) is 20.4. The lowest BCUT2D eigenvalue weighted by atomic mass is 9.72. The molecule has 0 saturated heterocycles. The molecule has 0 N–H and O–H groups in total. The lowest BCUT2D eigenvalue weighted by Crippen LogP contribution is -2.43. The van der Waals surface area contributed by atoms with E-state index in [1.165, 1.54) is 77.1 Å². The van der Waals surface area contributed by atoms with Crippen LogP contribution in [0.4, 0.5) is 0 Å². The Hall–Kier alpha value is -6.59. The minimum Gasteiger partial charge on any atom is -0.0622 e. The quantitative estimate of drug-likeness (QED) is 0.114. The molecule has 0 aliphatic carbocycles. The van der Waals surface area contributed by atoms with Crippen molar-refractivity contribution in [2.45, 2.75) is 36.0 Å². The highest BCUT2D eigenvalue weighted by Crippen LogP contribution is 2.57. The number of hydrogen-bond donors (Lipinski definition) is 0. The highest BCUT2D eigenvalue weighted by Gasteiger charge is 2.52. The van der Waals surface area contributed by atoms with Crippen LogP contribution in [-0.4, -0.2) is 27.2 Å². The maximum Gasteiger partial charge on any atom is 0.0343 e. The number of hydrogen-bond acceptors (Lipinski definition) is 0. The minimum absolute atomic E-state index is 0.280. The first kappa shape index (κ1) is 39.5. The fourth-order valence-corrected chi connectivity index (χ4v) is 17.8. The number of rotatable bonds is 11. The molecule has 2 unspecified atom stereocenters. The van der Waals surface area contributed by atoms with Crippen molar-refractivity contribution >= 4 is 49.4 Å². The van der Waals surface area contributed by atoms with Crippen LogP contribution in [0.3, 0.4) is 0 Å². The Morgan fingerprint density at radius 2 is 0.500 bits per heavy atom. The fourth-order valence-electron chi connectivity index (χ4n) is 11.0. The van der Waals surface area contributed by atoms with Gasteiger partial charge < -0.3 is 0 Å². The van der Waals surface area contributed by atoms with Gasteiger partial charge in [0.05, 0.1) is 0 Å². The van der Waals surface area contributed by atoms with Crippen LogP contribution in [0, 0.1) is 0 Å². The third kappa shape index (κ3) is 6.66. The van der Waals surface area contributed by atoms with Gasteiger partial charge in [0.2, 0.25) is 0 Å². The minimum atomic E-state index is -1.39. The van der Waals surface area contributed by atoms with Crippen molar-refractivity contribution in [1.29, 1.82) is 0 Å². The molecule has 0 spiro atoms. The summed E-state index contributed by atoms with van der Waals surface area (Å²) < 4.78 is 0. The summed E-state index contributed by atoms with van der Waals surface area (Å²) in [6.07, 6.45) is 1.96. The summed E-state index contributed by atoms with van der Waals surface area (Å²) in [5.74, 6) is 0. The molecule has 2 atom stereocenters. The molecule has 0 aromatic heterocycles. The van der Waals surface area contributed by atoms with E-state index in [9.17, 15) is 0 Å². The van der Waals surface area contributed by atoms with E-state index >= 15 is 0 Å². The molecule has 0 fully saturated rings. The number of benzene rings is 8. The first-order chi connectivity index (χ1) is 30.6. The van der Waals surface area contributed by atoms with Crippen molar-refractivity contribution in [3.8, 4) is 0 Å². The van der Waals surface area contributed by atoms with Crippen molar-refractivity contribution in [1.82, 2.24) is 0 Å². The SMILES string of the molecule is C[Si]1=C(c2ccccc2)C(c2ccccc2)=C(c2ccccc2)C1(CCC1(c2ccccc2)C(c2ccccc2)=C(c2ccccc2)C(c2ccccc2)=[Si]1C)c1ccccc1. The van der Waals surface area contributed by atoms with E-state index in [0.29, 0.717) is 0 Å². The third-order valence-electron chi connectivity index (χ3n) is 13.7. The summed E-state index contributed by atoms with van der Waals surface area (Å²) in [5.41, 5.74) is 16.5. The molecule has 62 heavy (non-hydrogen) atoms. The molecule has 0 nitrogen and oxygen atoms in total. The van der Waals surface area contributed by atoms with Crippen LogP contribution in [0.15, 0.2) is 243 Å². The molecule has 2 aliphatic heterocycles. The van der Waals surface area contributed by atoms with Crippen LogP contribution in [-0.2, 0) is 10.1 Å². The average Bonchev–Trinajstić information content (AvgIpc) is 3.78. The molecular formula is C60H50Si2. The van der Waals surface area contributed by atoms with Crippen LogP contribution >= 0.6 is 0 Å². The van der Waals surface area contributed by atoms with Crippen molar-refractivity contribution in [2.24, 2.45) is 0 Å². The monoisotopic (exact) mass is 826 g/mol. The predicted molar refractivity (Wildman–Crippen MR) is 269 cm³/mol. The second-order valence-electron chi connectivity index (χ2n) is 16.7. The Labute approximate surface area is 370 Å². The van der Waals surface area contributed by atoms with E-state index in [1.54, 1.807) is 0 Å². The van der Waals surface area contributed by atoms with Gasteiger partial charge in [0.25, 0.3) is 0 Å². The fraction of sp³-hybridized carbons (Fsp3) is 0.100. The Balaban J connectivity index is 1.33. The molecule has 2 heteroatoms. The zero-order chi connectivity index (χ0) is 41.9. The van der Waals surface area contributed by atoms with Crippen LogP contribution in [0.25, 0.3) is 22.3 Å². The van der Waals surface area contributed by atoms with Crippen molar-refractivity contribution in [2.75, 3.05) is 0 Å². The molecule has 0 bridgehead atoms. The van der Waals surface area contributed by atoms with Crippen molar-refractivity contribution in [3.63, 3.8) is 0 Å². The Morgan fingerprint density at radius 3 is 0.774 bits per heavy atom. The molecular weight excluding hydrogens is 777 g/mol. The molecule has 10 rings (SSSR count). The maximum atomic E-state index is 2.63. The highest BCUT2D eigenvalue weighted by atomic mass is 28.2. The largest absolute Gasteiger partial charge is 0.0622 e. The van der Waals surface area contributed by atoms with Gasteiger partial charge in [-0.1, -0.05) is 256 Å². The van der Waals surface area contributed by atoms with Gasteiger partial charge in [0.15, 0.2) is 0 Å². The van der Waals surface area contributed by atoms with Gasteiger partial charge in [-0.3, -0.25) is 0 Å². The summed E-state index contributed by atoms with van der Waals surface area (Å²) in [4.78, 5) is 0. The normalized spacial score (nSPS) is 18.8. The second kappa shape index (κ2) is 17.1. The molecule has 8 aromatic carbocycles. The summed E-state index contributed by atoms with van der Waals surface area (Å²) >= 11 is 0. The van der Waals surface area contributed by atoms with E-state index in [4.69, 9.17) is 0 Å². The summed E-state index contributed by atoms with van der Waals surface area (Å²) in [6.45, 7) is 5.26. The lowest BCUT2D eigenvalue weighted by molar-refractivity contribution is 0.567. The molecule has 0 radical (unpaired) electrons. The van der Waals surface area contributed by atoms with Gasteiger partial charge in [0, 0.05) is 26.9 Å². The average molecular weight is 827 g/mol. The first-order valence-electron chi connectivity index (χ1n) is 22.0. The number of allylic oxidation sites excluding steroid dienone is 4. The zero-order valence-electron chi connectivity index (χ0n) is 35.5. The Morgan fingerprint density at radius 1 is 0.274 bits per heavy atom. The van der Waals surface area contributed by atoms with E-state index in [-0.39, 0.29) is 10.1 Å². The smallest absolute Gasteiger partial charge is 0.0343 e. The first-order valence-corrected chi connectivity index (χ1v) is 26.0. The van der Waals surface area contributed by atoms with E-state index in [0.717, 1.165) is 12.8 Å².